The van der Waals surface area contributed by atoms with Gasteiger partial charge >= 0.3 is 0 Å². The number of nitro groups is 1. The Hall–Kier alpha value is -1.07. The lowest BCUT2D eigenvalue weighted by molar-refractivity contribution is -0.387. The molecule has 0 saturated heterocycles. The van der Waals surface area contributed by atoms with Gasteiger partial charge in [-0.3, -0.25) is 10.1 Å². The molecule has 72 valence electrons. The SMILES string of the molecule is Cc1cc2cc(S)c([N+](=O)[O-])cc2s1. The van der Waals surface area contributed by atoms with Crippen LogP contribution in [0.3, 0.4) is 0 Å². The molecule has 0 radical (unpaired) electrons. The highest BCUT2D eigenvalue weighted by atomic mass is 32.1. The maximum Gasteiger partial charge on any atom is 0.284 e. The number of rotatable bonds is 1. The van der Waals surface area contributed by atoms with Gasteiger partial charge in [-0.25, -0.2) is 0 Å². The Balaban J connectivity index is 2.76. The first-order valence-corrected chi connectivity index (χ1v) is 5.22. The maximum atomic E-state index is 10.6. The van der Waals surface area contributed by atoms with E-state index in [2.05, 4.69) is 12.6 Å². The van der Waals surface area contributed by atoms with Crippen LogP contribution in [0.4, 0.5) is 5.69 Å². The van der Waals surface area contributed by atoms with Crippen molar-refractivity contribution in [2.75, 3.05) is 0 Å². The summed E-state index contributed by atoms with van der Waals surface area (Å²) in [6, 6.07) is 5.32. The summed E-state index contributed by atoms with van der Waals surface area (Å²) < 4.78 is 0.937. The summed E-state index contributed by atoms with van der Waals surface area (Å²) in [4.78, 5) is 11.8. The standard InChI is InChI=1S/C9H7NO2S2/c1-5-2-6-3-8(13)7(10(11)12)4-9(6)14-5/h2-4,13H,1H3. The molecule has 0 aliphatic rings. The normalized spacial score (nSPS) is 10.7. The van der Waals surface area contributed by atoms with Crippen LogP contribution in [0.5, 0.6) is 0 Å². The zero-order valence-corrected chi connectivity index (χ0v) is 9.06. The van der Waals surface area contributed by atoms with E-state index in [0.717, 1.165) is 15.0 Å². The Morgan fingerprint density at radius 3 is 2.79 bits per heavy atom. The van der Waals surface area contributed by atoms with E-state index in [1.54, 1.807) is 23.5 Å². The predicted octanol–water partition coefficient (Wildman–Crippen LogP) is 3.41. The fourth-order valence-corrected chi connectivity index (χ4v) is 2.57. The Morgan fingerprint density at radius 2 is 2.14 bits per heavy atom. The number of benzene rings is 1. The zero-order chi connectivity index (χ0) is 10.3. The van der Waals surface area contributed by atoms with E-state index in [-0.39, 0.29) is 5.69 Å². The van der Waals surface area contributed by atoms with Crippen LogP contribution in [-0.4, -0.2) is 4.92 Å². The monoisotopic (exact) mass is 225 g/mol. The van der Waals surface area contributed by atoms with Crippen LogP contribution in [0.15, 0.2) is 23.1 Å². The minimum atomic E-state index is -0.406. The van der Waals surface area contributed by atoms with Gasteiger partial charge in [-0.05, 0) is 24.4 Å². The molecule has 0 aliphatic heterocycles. The number of nitro benzene ring substituents is 1. The number of aryl methyl sites for hydroxylation is 1. The Bertz CT molecular complexity index is 519. The summed E-state index contributed by atoms with van der Waals surface area (Å²) in [5, 5.41) is 11.7. The van der Waals surface area contributed by atoms with Crippen LogP contribution in [-0.2, 0) is 0 Å². The lowest BCUT2D eigenvalue weighted by atomic mass is 10.2. The predicted molar refractivity (Wildman–Crippen MR) is 60.5 cm³/mol. The van der Waals surface area contributed by atoms with Crippen molar-refractivity contribution < 1.29 is 4.92 Å². The van der Waals surface area contributed by atoms with Gasteiger partial charge in [0.2, 0.25) is 0 Å². The first-order chi connectivity index (χ1) is 6.58. The quantitative estimate of drug-likeness (QED) is 0.459. The molecule has 0 spiro atoms. The molecule has 0 unspecified atom stereocenters. The minimum Gasteiger partial charge on any atom is -0.258 e. The van der Waals surface area contributed by atoms with Crippen molar-refractivity contribution in [3.05, 3.63) is 33.2 Å². The fraction of sp³-hybridized carbons (Fsp3) is 0.111. The third-order valence-corrected chi connectivity index (χ3v) is 3.30. The van der Waals surface area contributed by atoms with Gasteiger partial charge in [0.15, 0.2) is 0 Å². The van der Waals surface area contributed by atoms with Crippen LogP contribution in [0, 0.1) is 17.0 Å². The third kappa shape index (κ3) is 1.49. The van der Waals surface area contributed by atoms with Crippen LogP contribution >= 0.6 is 24.0 Å². The number of fused-ring (bicyclic) bond motifs is 1. The highest BCUT2D eigenvalue weighted by Gasteiger charge is 2.13. The van der Waals surface area contributed by atoms with Gasteiger partial charge in [-0.1, -0.05) is 0 Å². The van der Waals surface area contributed by atoms with E-state index in [0.29, 0.717) is 4.90 Å². The van der Waals surface area contributed by atoms with Gasteiger partial charge in [0.1, 0.15) is 0 Å². The molecule has 1 aromatic heterocycles. The van der Waals surface area contributed by atoms with Crippen molar-refractivity contribution in [3.8, 4) is 0 Å². The number of nitrogens with zero attached hydrogens (tertiary/aromatic N) is 1. The van der Waals surface area contributed by atoms with Crippen molar-refractivity contribution >= 4 is 39.7 Å². The molecular weight excluding hydrogens is 218 g/mol. The molecular formula is C9H7NO2S2. The highest BCUT2D eigenvalue weighted by molar-refractivity contribution is 7.80. The van der Waals surface area contributed by atoms with Crippen LogP contribution in [0.25, 0.3) is 10.1 Å². The molecule has 0 saturated carbocycles. The molecule has 0 N–H and O–H groups in total. The van der Waals surface area contributed by atoms with Gasteiger partial charge in [0.05, 0.1) is 9.82 Å². The number of hydrogen-bond donors (Lipinski definition) is 1. The maximum absolute atomic E-state index is 10.6. The van der Waals surface area contributed by atoms with Crippen LogP contribution in [0.2, 0.25) is 0 Å². The number of thiophene rings is 1. The van der Waals surface area contributed by atoms with Gasteiger partial charge < -0.3 is 0 Å². The second-order valence-corrected chi connectivity index (χ2v) is 4.76. The fourth-order valence-electron chi connectivity index (χ4n) is 1.34. The average Bonchev–Trinajstić information content (AvgIpc) is 2.42. The molecule has 14 heavy (non-hydrogen) atoms. The van der Waals surface area contributed by atoms with Crippen molar-refractivity contribution in [2.45, 2.75) is 11.8 Å². The molecule has 1 aromatic carbocycles. The topological polar surface area (TPSA) is 43.1 Å². The third-order valence-electron chi connectivity index (χ3n) is 1.93. The lowest BCUT2D eigenvalue weighted by Crippen LogP contribution is -1.88. The minimum absolute atomic E-state index is 0.0719. The summed E-state index contributed by atoms with van der Waals surface area (Å²) in [6.07, 6.45) is 0. The molecule has 2 aromatic rings. The molecule has 0 fully saturated rings. The Morgan fingerprint density at radius 1 is 1.43 bits per heavy atom. The first-order valence-electron chi connectivity index (χ1n) is 3.95. The summed E-state index contributed by atoms with van der Waals surface area (Å²) in [5.74, 6) is 0. The second kappa shape index (κ2) is 3.25. The zero-order valence-electron chi connectivity index (χ0n) is 7.35. The molecule has 0 atom stereocenters. The molecule has 5 heteroatoms. The van der Waals surface area contributed by atoms with E-state index >= 15 is 0 Å². The molecule has 2 rings (SSSR count). The number of thiol groups is 1. The molecule has 0 amide bonds. The molecule has 1 heterocycles. The largest absolute Gasteiger partial charge is 0.284 e. The van der Waals surface area contributed by atoms with Crippen molar-refractivity contribution in [3.63, 3.8) is 0 Å². The number of hydrogen-bond acceptors (Lipinski definition) is 4. The summed E-state index contributed by atoms with van der Waals surface area (Å²) in [5.41, 5.74) is 0.0719. The second-order valence-electron chi connectivity index (χ2n) is 2.99. The summed E-state index contributed by atoms with van der Waals surface area (Å²) in [6.45, 7) is 1.98. The summed E-state index contributed by atoms with van der Waals surface area (Å²) >= 11 is 5.64. The Labute approximate surface area is 89.9 Å². The smallest absolute Gasteiger partial charge is 0.258 e. The van der Waals surface area contributed by atoms with Crippen LogP contribution < -0.4 is 0 Å². The van der Waals surface area contributed by atoms with Gasteiger partial charge in [0.25, 0.3) is 5.69 Å². The van der Waals surface area contributed by atoms with Crippen molar-refractivity contribution in [1.29, 1.82) is 0 Å². The highest BCUT2D eigenvalue weighted by Crippen LogP contribution is 2.33. The van der Waals surface area contributed by atoms with E-state index in [1.807, 2.05) is 13.0 Å². The van der Waals surface area contributed by atoms with Crippen molar-refractivity contribution in [2.24, 2.45) is 0 Å². The van der Waals surface area contributed by atoms with Gasteiger partial charge in [0, 0.05) is 15.6 Å². The van der Waals surface area contributed by atoms with E-state index < -0.39 is 4.92 Å². The molecule has 0 bridgehead atoms. The summed E-state index contributed by atoms with van der Waals surface area (Å²) in [7, 11) is 0. The van der Waals surface area contributed by atoms with E-state index in [9.17, 15) is 10.1 Å². The van der Waals surface area contributed by atoms with Crippen molar-refractivity contribution in [1.82, 2.24) is 0 Å². The molecule has 3 nitrogen and oxygen atoms in total. The lowest BCUT2D eigenvalue weighted by Gasteiger charge is -1.95. The molecule has 0 aliphatic carbocycles. The average molecular weight is 225 g/mol. The van der Waals surface area contributed by atoms with Gasteiger partial charge in [-0.15, -0.1) is 24.0 Å². The van der Waals surface area contributed by atoms with Crippen LogP contribution in [0.1, 0.15) is 4.88 Å². The van der Waals surface area contributed by atoms with E-state index in [4.69, 9.17) is 0 Å². The first kappa shape index (κ1) is 9.48. The van der Waals surface area contributed by atoms with Gasteiger partial charge in [-0.2, -0.15) is 0 Å². The Kier molecular flexibility index (Phi) is 2.20. The van der Waals surface area contributed by atoms with E-state index in [1.165, 1.54) is 0 Å².